The molecule has 8 heteroatoms. The summed E-state index contributed by atoms with van der Waals surface area (Å²) in [7, 11) is 1.74. The van der Waals surface area contributed by atoms with Gasteiger partial charge in [0, 0.05) is 12.6 Å². The number of hydrogen-bond acceptors (Lipinski definition) is 3. The van der Waals surface area contributed by atoms with E-state index in [0.717, 1.165) is 19.5 Å². The van der Waals surface area contributed by atoms with E-state index in [-0.39, 0.29) is 25.0 Å². The molecule has 102 valence electrons. The fraction of sp³-hybridized carbons (Fsp3) is 0.889. The molecule has 0 spiro atoms. The molecule has 0 radical (unpaired) electrons. The van der Waals surface area contributed by atoms with Crippen molar-refractivity contribution in [2.45, 2.75) is 18.6 Å². The Hall–Kier alpha value is -0.530. The Balaban J connectivity index is 0.00000256. The van der Waals surface area contributed by atoms with E-state index < -0.39 is 18.6 Å². The van der Waals surface area contributed by atoms with Gasteiger partial charge in [0.25, 0.3) is 0 Å². The van der Waals surface area contributed by atoms with Crippen LogP contribution in [0, 0.1) is 0 Å². The van der Waals surface area contributed by atoms with Crippen LogP contribution in [0.25, 0.3) is 0 Å². The van der Waals surface area contributed by atoms with Crippen LogP contribution in [0.5, 0.6) is 0 Å². The zero-order chi connectivity index (χ0) is 12.2. The second kappa shape index (κ2) is 7.03. The molecule has 1 unspecified atom stereocenters. The maximum atomic E-state index is 11.8. The fourth-order valence-electron chi connectivity index (χ4n) is 1.63. The number of hydrogen-bond donors (Lipinski definition) is 2. The normalized spacial score (nSPS) is 20.2. The third-order valence-electron chi connectivity index (χ3n) is 2.54. The molecular weight excluding hydrogens is 259 g/mol. The molecule has 0 aliphatic carbocycles. The van der Waals surface area contributed by atoms with E-state index in [1.807, 2.05) is 5.32 Å². The van der Waals surface area contributed by atoms with Crippen molar-refractivity contribution in [2.24, 2.45) is 0 Å². The first kappa shape index (κ1) is 16.5. The zero-order valence-electron chi connectivity index (χ0n) is 9.51. The number of halogens is 4. The predicted molar refractivity (Wildman–Crippen MR) is 60.2 cm³/mol. The summed E-state index contributed by atoms with van der Waals surface area (Å²) in [5.41, 5.74) is 0. The summed E-state index contributed by atoms with van der Waals surface area (Å²) in [6.07, 6.45) is -3.42. The molecule has 17 heavy (non-hydrogen) atoms. The van der Waals surface area contributed by atoms with E-state index in [2.05, 4.69) is 5.32 Å². The van der Waals surface area contributed by atoms with E-state index in [1.54, 1.807) is 11.9 Å². The lowest BCUT2D eigenvalue weighted by atomic mass is 10.2. The van der Waals surface area contributed by atoms with Crippen molar-refractivity contribution < 1.29 is 18.0 Å². The molecule has 1 aliphatic heterocycles. The third-order valence-corrected chi connectivity index (χ3v) is 2.54. The van der Waals surface area contributed by atoms with Gasteiger partial charge in [0.05, 0.1) is 6.54 Å². The van der Waals surface area contributed by atoms with Gasteiger partial charge in [-0.1, -0.05) is 0 Å². The predicted octanol–water partition coefficient (Wildman–Crippen LogP) is 0.380. The topological polar surface area (TPSA) is 44.4 Å². The third kappa shape index (κ3) is 6.70. The van der Waals surface area contributed by atoms with Crippen LogP contribution >= 0.6 is 12.4 Å². The first-order valence-corrected chi connectivity index (χ1v) is 5.13. The standard InChI is InChI=1S/C9H16F3N3O.ClH/c1-15(7-2-3-13-4-7)5-8(16)14-6-9(10,11)12;/h7,13H,2-6H2,1H3,(H,14,16);1H. The minimum Gasteiger partial charge on any atom is -0.346 e. The van der Waals surface area contributed by atoms with Gasteiger partial charge < -0.3 is 10.6 Å². The van der Waals surface area contributed by atoms with Crippen molar-refractivity contribution in [3.63, 3.8) is 0 Å². The van der Waals surface area contributed by atoms with Gasteiger partial charge in [-0.25, -0.2) is 0 Å². The van der Waals surface area contributed by atoms with Crippen LogP contribution in [0.4, 0.5) is 13.2 Å². The minimum atomic E-state index is -4.34. The van der Waals surface area contributed by atoms with Crippen LogP contribution in [-0.2, 0) is 4.79 Å². The van der Waals surface area contributed by atoms with Crippen LogP contribution in [0.15, 0.2) is 0 Å². The van der Waals surface area contributed by atoms with E-state index in [1.165, 1.54) is 0 Å². The number of amides is 1. The van der Waals surface area contributed by atoms with Gasteiger partial charge in [-0.05, 0) is 20.0 Å². The summed E-state index contributed by atoms with van der Waals surface area (Å²) in [6.45, 7) is 0.410. The van der Waals surface area contributed by atoms with Crippen LogP contribution in [0.3, 0.4) is 0 Å². The lowest BCUT2D eigenvalue weighted by Gasteiger charge is -2.22. The highest BCUT2D eigenvalue weighted by Crippen LogP contribution is 2.12. The van der Waals surface area contributed by atoms with Crippen LogP contribution in [0.1, 0.15) is 6.42 Å². The number of alkyl halides is 3. The van der Waals surface area contributed by atoms with Crippen molar-refractivity contribution in [3.05, 3.63) is 0 Å². The molecule has 4 nitrogen and oxygen atoms in total. The largest absolute Gasteiger partial charge is 0.405 e. The number of rotatable bonds is 4. The van der Waals surface area contributed by atoms with Crippen molar-refractivity contribution in [1.29, 1.82) is 0 Å². The molecule has 0 aromatic rings. The average Bonchev–Trinajstić information content (AvgIpc) is 2.66. The molecule has 0 bridgehead atoms. The summed E-state index contributed by atoms with van der Waals surface area (Å²) in [5, 5.41) is 4.98. The Kier molecular flexibility index (Phi) is 6.81. The van der Waals surface area contributed by atoms with Crippen molar-refractivity contribution >= 4 is 18.3 Å². The molecule has 1 atom stereocenters. The molecule has 1 amide bonds. The van der Waals surface area contributed by atoms with Gasteiger partial charge in [0.15, 0.2) is 0 Å². The number of nitrogens with one attached hydrogen (secondary N) is 2. The Morgan fingerprint density at radius 2 is 2.18 bits per heavy atom. The second-order valence-corrected chi connectivity index (χ2v) is 3.95. The van der Waals surface area contributed by atoms with Gasteiger partial charge in [0.1, 0.15) is 6.54 Å². The van der Waals surface area contributed by atoms with Crippen molar-refractivity contribution in [2.75, 3.05) is 33.2 Å². The lowest BCUT2D eigenvalue weighted by Crippen LogP contribution is -2.43. The van der Waals surface area contributed by atoms with Crippen LogP contribution in [-0.4, -0.2) is 56.3 Å². The highest BCUT2D eigenvalue weighted by atomic mass is 35.5. The van der Waals surface area contributed by atoms with Gasteiger partial charge in [-0.3, -0.25) is 9.69 Å². The monoisotopic (exact) mass is 275 g/mol. The van der Waals surface area contributed by atoms with E-state index in [4.69, 9.17) is 0 Å². The van der Waals surface area contributed by atoms with Gasteiger partial charge in [0.2, 0.25) is 5.91 Å². The molecule has 1 heterocycles. The Bertz CT molecular complexity index is 244. The summed E-state index contributed by atoms with van der Waals surface area (Å²) >= 11 is 0. The SMILES string of the molecule is CN(CC(=O)NCC(F)(F)F)C1CCNC1.Cl. The summed E-state index contributed by atoms with van der Waals surface area (Å²) < 4.78 is 35.4. The smallest absolute Gasteiger partial charge is 0.346 e. The minimum absolute atomic E-state index is 0. The summed E-state index contributed by atoms with van der Waals surface area (Å²) in [6, 6.07) is 0.233. The maximum absolute atomic E-state index is 11.8. The molecule has 0 saturated carbocycles. The first-order valence-electron chi connectivity index (χ1n) is 5.13. The molecule has 1 fully saturated rings. The van der Waals surface area contributed by atoms with E-state index in [9.17, 15) is 18.0 Å². The van der Waals surface area contributed by atoms with E-state index in [0.29, 0.717) is 0 Å². The fourth-order valence-corrected chi connectivity index (χ4v) is 1.63. The van der Waals surface area contributed by atoms with Crippen LogP contribution in [0.2, 0.25) is 0 Å². The first-order chi connectivity index (χ1) is 7.38. The molecule has 1 aliphatic rings. The van der Waals surface area contributed by atoms with Gasteiger partial charge in [-0.2, -0.15) is 13.2 Å². The van der Waals surface area contributed by atoms with Crippen molar-refractivity contribution in [3.8, 4) is 0 Å². The lowest BCUT2D eigenvalue weighted by molar-refractivity contribution is -0.139. The highest BCUT2D eigenvalue weighted by molar-refractivity contribution is 5.85. The highest BCUT2D eigenvalue weighted by Gasteiger charge is 2.28. The quantitative estimate of drug-likeness (QED) is 0.780. The molecule has 0 aromatic heterocycles. The Labute approximate surface area is 104 Å². The summed E-state index contributed by atoms with van der Waals surface area (Å²) in [4.78, 5) is 13.0. The molecule has 1 saturated heterocycles. The van der Waals surface area contributed by atoms with E-state index >= 15 is 0 Å². The molecule has 2 N–H and O–H groups in total. The number of carbonyl (C=O) groups excluding carboxylic acids is 1. The number of carbonyl (C=O) groups is 1. The molecule has 0 aromatic carbocycles. The molecular formula is C9H17ClF3N3O. The number of likely N-dealkylation sites (N-methyl/N-ethyl adjacent to an activating group) is 1. The summed E-state index contributed by atoms with van der Waals surface area (Å²) in [5.74, 6) is -0.591. The maximum Gasteiger partial charge on any atom is 0.405 e. The second-order valence-electron chi connectivity index (χ2n) is 3.95. The number of nitrogens with zero attached hydrogens (tertiary/aromatic N) is 1. The molecule has 1 rings (SSSR count). The Morgan fingerprint density at radius 3 is 2.65 bits per heavy atom. The van der Waals surface area contributed by atoms with Gasteiger partial charge in [-0.15, -0.1) is 12.4 Å². The van der Waals surface area contributed by atoms with Gasteiger partial charge >= 0.3 is 6.18 Å². The Morgan fingerprint density at radius 1 is 1.53 bits per heavy atom. The van der Waals surface area contributed by atoms with Crippen molar-refractivity contribution in [1.82, 2.24) is 15.5 Å². The van der Waals surface area contributed by atoms with Crippen LogP contribution < -0.4 is 10.6 Å². The average molecular weight is 276 g/mol. The zero-order valence-corrected chi connectivity index (χ0v) is 10.3.